The molecule has 0 saturated carbocycles. The monoisotopic (exact) mass is 463 g/mol. The molecule has 1 atom stereocenters. The van der Waals surface area contributed by atoms with Gasteiger partial charge in [0.25, 0.3) is 5.91 Å². The van der Waals surface area contributed by atoms with Crippen LogP contribution in [-0.4, -0.2) is 29.3 Å². The number of nitrogens with one attached hydrogen (secondary N) is 1. The van der Waals surface area contributed by atoms with Crippen molar-refractivity contribution in [3.63, 3.8) is 0 Å². The van der Waals surface area contributed by atoms with Gasteiger partial charge in [-0.05, 0) is 87.9 Å². The smallest absolute Gasteiger partial charge is 0.338 e. The summed E-state index contributed by atoms with van der Waals surface area (Å²) >= 11 is 1.58. The van der Waals surface area contributed by atoms with Crippen molar-refractivity contribution in [3.8, 4) is 5.69 Å². The molecule has 1 N–H and O–H groups in total. The second kappa shape index (κ2) is 9.75. The van der Waals surface area contributed by atoms with Crippen molar-refractivity contribution >= 4 is 29.4 Å². The number of hydrogen-bond donors (Lipinski definition) is 1. The number of hydrazone groups is 1. The number of amides is 1. The van der Waals surface area contributed by atoms with Gasteiger partial charge in [0.2, 0.25) is 0 Å². The van der Waals surface area contributed by atoms with Crippen molar-refractivity contribution in [2.24, 2.45) is 11.0 Å². The first-order valence-corrected chi connectivity index (χ1v) is 12.1. The van der Waals surface area contributed by atoms with Gasteiger partial charge >= 0.3 is 5.97 Å². The lowest BCUT2D eigenvalue weighted by Crippen LogP contribution is -2.16. The highest BCUT2D eigenvalue weighted by Crippen LogP contribution is 2.32. The maximum absolute atomic E-state index is 12.6. The van der Waals surface area contributed by atoms with Crippen LogP contribution in [0.1, 0.15) is 67.7 Å². The lowest BCUT2D eigenvalue weighted by atomic mass is 9.90. The van der Waals surface area contributed by atoms with Crippen molar-refractivity contribution < 1.29 is 14.3 Å². The second-order valence-corrected chi connectivity index (χ2v) is 9.67. The molecule has 0 bridgehead atoms. The minimum atomic E-state index is -0.324. The molecule has 0 aliphatic heterocycles. The van der Waals surface area contributed by atoms with Crippen LogP contribution in [0.15, 0.2) is 41.5 Å². The second-order valence-electron chi connectivity index (χ2n) is 8.54. The van der Waals surface area contributed by atoms with Crippen molar-refractivity contribution in [2.75, 3.05) is 6.61 Å². The molecule has 2 aromatic heterocycles. The number of ether oxygens (including phenoxy) is 1. The molecule has 2 heterocycles. The highest BCUT2D eigenvalue weighted by Gasteiger charge is 2.20. The molecule has 1 aromatic carbocycles. The Labute approximate surface area is 198 Å². The minimum Gasteiger partial charge on any atom is -0.462 e. The highest BCUT2D eigenvalue weighted by atomic mass is 32.1. The largest absolute Gasteiger partial charge is 0.462 e. The summed E-state index contributed by atoms with van der Waals surface area (Å²) in [5, 5.41) is 4.21. The third-order valence-electron chi connectivity index (χ3n) is 6.03. The summed E-state index contributed by atoms with van der Waals surface area (Å²) in [5.74, 6) is 0.189. The van der Waals surface area contributed by atoms with E-state index in [0.29, 0.717) is 18.1 Å². The lowest BCUT2D eigenvalue weighted by molar-refractivity contribution is 0.0526. The van der Waals surface area contributed by atoms with Crippen molar-refractivity contribution in [2.45, 2.75) is 47.0 Å². The van der Waals surface area contributed by atoms with Crippen molar-refractivity contribution in [1.82, 2.24) is 9.99 Å². The van der Waals surface area contributed by atoms with Gasteiger partial charge in [-0.3, -0.25) is 4.79 Å². The van der Waals surface area contributed by atoms with E-state index in [4.69, 9.17) is 4.74 Å². The van der Waals surface area contributed by atoms with Gasteiger partial charge in [-0.2, -0.15) is 5.10 Å². The minimum absolute atomic E-state index is 0.165. The topological polar surface area (TPSA) is 72.7 Å². The van der Waals surface area contributed by atoms with E-state index >= 15 is 0 Å². The Bertz CT molecular complexity index is 1200. The number of rotatable bonds is 6. The van der Waals surface area contributed by atoms with E-state index in [1.165, 1.54) is 16.9 Å². The van der Waals surface area contributed by atoms with Crippen LogP contribution in [0.3, 0.4) is 0 Å². The first-order chi connectivity index (χ1) is 15.9. The predicted octanol–water partition coefficient (Wildman–Crippen LogP) is 5.22. The number of fused-ring (bicyclic) bond motifs is 1. The summed E-state index contributed by atoms with van der Waals surface area (Å²) in [4.78, 5) is 26.5. The zero-order chi connectivity index (χ0) is 23.5. The average molecular weight is 464 g/mol. The van der Waals surface area contributed by atoms with Crippen LogP contribution < -0.4 is 5.43 Å². The van der Waals surface area contributed by atoms with Gasteiger partial charge in [-0.15, -0.1) is 11.3 Å². The van der Waals surface area contributed by atoms with Crippen LogP contribution in [0.2, 0.25) is 0 Å². The fourth-order valence-corrected chi connectivity index (χ4v) is 5.41. The van der Waals surface area contributed by atoms with E-state index in [-0.39, 0.29) is 11.9 Å². The number of carbonyl (C=O) groups is 2. The first-order valence-electron chi connectivity index (χ1n) is 11.3. The normalized spacial score (nSPS) is 15.5. The molecular formula is C26H29N3O3S. The fraction of sp³-hybridized carbons (Fsp3) is 0.346. The quantitative estimate of drug-likeness (QED) is 0.309. The summed E-state index contributed by atoms with van der Waals surface area (Å²) in [5.41, 5.74) is 8.40. The molecule has 0 saturated heterocycles. The summed E-state index contributed by atoms with van der Waals surface area (Å²) in [6.07, 6.45) is 4.98. The van der Waals surface area contributed by atoms with Crippen molar-refractivity contribution in [1.29, 1.82) is 0 Å². The van der Waals surface area contributed by atoms with E-state index in [9.17, 15) is 9.59 Å². The number of hydrogen-bond acceptors (Lipinski definition) is 5. The molecule has 6 nitrogen and oxygen atoms in total. The van der Waals surface area contributed by atoms with Crippen LogP contribution in [0.25, 0.3) is 5.69 Å². The van der Waals surface area contributed by atoms with Crippen LogP contribution in [0, 0.1) is 19.8 Å². The van der Waals surface area contributed by atoms with Crippen LogP contribution >= 0.6 is 11.3 Å². The maximum Gasteiger partial charge on any atom is 0.338 e. The average Bonchev–Trinajstić information content (AvgIpc) is 3.34. The molecule has 0 radical (unpaired) electrons. The van der Waals surface area contributed by atoms with Gasteiger partial charge in [0, 0.05) is 27.5 Å². The van der Waals surface area contributed by atoms with E-state index in [0.717, 1.165) is 40.4 Å². The number of aryl methyl sites for hydroxylation is 2. The van der Waals surface area contributed by atoms with E-state index < -0.39 is 0 Å². The molecule has 0 spiro atoms. The van der Waals surface area contributed by atoms with Crippen LogP contribution in [0.4, 0.5) is 0 Å². The zero-order valence-corrected chi connectivity index (χ0v) is 20.3. The van der Waals surface area contributed by atoms with Gasteiger partial charge in [-0.1, -0.05) is 6.92 Å². The number of benzene rings is 1. The number of thiophene rings is 1. The number of aromatic nitrogens is 1. The maximum atomic E-state index is 12.6. The van der Waals surface area contributed by atoms with E-state index in [2.05, 4.69) is 22.0 Å². The highest BCUT2D eigenvalue weighted by molar-refractivity contribution is 7.14. The SMILES string of the molecule is CCOC(=O)c1ccc(-n2c(C)cc(C=NNC(=O)c3cc4c(s3)CCC(C)C4)c2C)cc1. The fourth-order valence-electron chi connectivity index (χ4n) is 4.31. The molecule has 4 rings (SSSR count). The Morgan fingerprint density at radius 3 is 2.73 bits per heavy atom. The molecule has 33 heavy (non-hydrogen) atoms. The van der Waals surface area contributed by atoms with Gasteiger partial charge in [0.05, 0.1) is 23.3 Å². The predicted molar refractivity (Wildman–Crippen MR) is 132 cm³/mol. The summed E-state index contributed by atoms with van der Waals surface area (Å²) in [6.45, 7) is 8.42. The molecule has 0 fully saturated rings. The third kappa shape index (κ3) is 4.93. The van der Waals surface area contributed by atoms with Gasteiger partial charge in [0.1, 0.15) is 0 Å². The Morgan fingerprint density at radius 2 is 2.00 bits per heavy atom. The zero-order valence-electron chi connectivity index (χ0n) is 19.5. The molecule has 7 heteroatoms. The molecule has 3 aromatic rings. The van der Waals surface area contributed by atoms with Crippen LogP contribution in [-0.2, 0) is 17.6 Å². The summed E-state index contributed by atoms with van der Waals surface area (Å²) in [6, 6.07) is 11.4. The van der Waals surface area contributed by atoms with Gasteiger partial charge < -0.3 is 9.30 Å². The molecule has 1 amide bonds. The number of carbonyl (C=O) groups excluding carboxylic acids is 2. The first kappa shape index (κ1) is 23.0. The Kier molecular flexibility index (Phi) is 6.79. The van der Waals surface area contributed by atoms with Gasteiger partial charge in [-0.25, -0.2) is 10.2 Å². The Morgan fingerprint density at radius 1 is 1.24 bits per heavy atom. The summed E-state index contributed by atoms with van der Waals surface area (Å²) in [7, 11) is 0. The van der Waals surface area contributed by atoms with Gasteiger partial charge in [0.15, 0.2) is 0 Å². The molecule has 172 valence electrons. The summed E-state index contributed by atoms with van der Waals surface area (Å²) < 4.78 is 7.14. The standard InChI is InChI=1S/C26H29N3O3S/c1-5-32-26(31)19-7-9-22(10-8-19)29-17(3)13-21(18(29)4)15-27-28-25(30)24-14-20-12-16(2)6-11-23(20)33-24/h7-10,13-16H,5-6,11-12H2,1-4H3,(H,28,30). The third-order valence-corrected chi connectivity index (χ3v) is 7.27. The van der Waals surface area contributed by atoms with E-state index in [1.807, 2.05) is 38.1 Å². The molecular weight excluding hydrogens is 434 g/mol. The molecule has 1 aliphatic carbocycles. The Balaban J connectivity index is 1.46. The van der Waals surface area contributed by atoms with Crippen LogP contribution in [0.5, 0.6) is 0 Å². The lowest BCUT2D eigenvalue weighted by Gasteiger charge is -2.16. The number of esters is 1. The molecule has 1 aliphatic rings. The Hall–Kier alpha value is -3.19. The van der Waals surface area contributed by atoms with Crippen molar-refractivity contribution in [3.05, 3.63) is 74.2 Å². The molecule has 1 unspecified atom stereocenters. The number of nitrogens with zero attached hydrogens (tertiary/aromatic N) is 2. The van der Waals surface area contributed by atoms with E-state index in [1.54, 1.807) is 36.6 Å².